The second kappa shape index (κ2) is 5.72. The first-order chi connectivity index (χ1) is 10.2. The molecular formula is C17H21N3O. The summed E-state index contributed by atoms with van der Waals surface area (Å²) in [4.78, 5) is 16.8. The van der Waals surface area contributed by atoms with Crippen molar-refractivity contribution in [3.63, 3.8) is 0 Å². The molecule has 3 rings (SSSR count). The van der Waals surface area contributed by atoms with Gasteiger partial charge in [-0.2, -0.15) is 0 Å². The fourth-order valence-electron chi connectivity index (χ4n) is 3.05. The van der Waals surface area contributed by atoms with Gasteiger partial charge < -0.3 is 0 Å². The van der Waals surface area contributed by atoms with Crippen LogP contribution in [-0.4, -0.2) is 10.9 Å². The number of aromatic nitrogens is 1. The number of fused-ring (bicyclic) bond motifs is 1. The lowest BCUT2D eigenvalue weighted by molar-refractivity contribution is -0.131. The Bertz CT molecular complexity index is 642. The van der Waals surface area contributed by atoms with E-state index in [9.17, 15) is 4.79 Å². The molecule has 1 saturated carbocycles. The van der Waals surface area contributed by atoms with Crippen LogP contribution in [0.15, 0.2) is 36.5 Å². The van der Waals surface area contributed by atoms with E-state index in [1.54, 1.807) is 6.20 Å². The molecule has 1 aliphatic carbocycles. The average Bonchev–Trinajstić information content (AvgIpc) is 2.53. The number of carbonyl (C=O) groups excluding carboxylic acids is 1. The van der Waals surface area contributed by atoms with Gasteiger partial charge in [-0.05, 0) is 37.1 Å². The molecule has 0 radical (unpaired) electrons. The summed E-state index contributed by atoms with van der Waals surface area (Å²) >= 11 is 0. The molecule has 0 spiro atoms. The first-order valence-electron chi connectivity index (χ1n) is 7.59. The predicted molar refractivity (Wildman–Crippen MR) is 84.7 cm³/mol. The van der Waals surface area contributed by atoms with Crippen molar-refractivity contribution in [3.05, 3.63) is 36.5 Å². The number of rotatable bonds is 3. The zero-order chi connectivity index (χ0) is 14.7. The highest BCUT2D eigenvalue weighted by Crippen LogP contribution is 2.35. The summed E-state index contributed by atoms with van der Waals surface area (Å²) in [5.41, 5.74) is 7.51. The summed E-state index contributed by atoms with van der Waals surface area (Å²) in [7, 11) is 0. The molecular weight excluding hydrogens is 262 g/mol. The Kier molecular flexibility index (Phi) is 3.78. The van der Waals surface area contributed by atoms with Gasteiger partial charge in [0.05, 0.1) is 11.2 Å². The molecule has 2 aromatic rings. The molecule has 0 bridgehead atoms. The number of hydrogen-bond donors (Lipinski definition) is 2. The van der Waals surface area contributed by atoms with Gasteiger partial charge in [0.1, 0.15) is 0 Å². The van der Waals surface area contributed by atoms with Gasteiger partial charge in [0, 0.05) is 17.0 Å². The van der Waals surface area contributed by atoms with E-state index in [2.05, 4.69) is 22.8 Å². The Balaban J connectivity index is 1.73. The second-order valence-corrected chi connectivity index (χ2v) is 6.08. The van der Waals surface area contributed by atoms with Crippen LogP contribution in [0.3, 0.4) is 0 Å². The maximum atomic E-state index is 12.4. The van der Waals surface area contributed by atoms with Crippen LogP contribution in [-0.2, 0) is 4.79 Å². The lowest BCUT2D eigenvalue weighted by Gasteiger charge is -2.32. The van der Waals surface area contributed by atoms with E-state index < -0.39 is 0 Å². The smallest absolute Gasteiger partial charge is 0.244 e. The third kappa shape index (κ3) is 2.84. The van der Waals surface area contributed by atoms with Gasteiger partial charge in [-0.25, -0.2) is 0 Å². The Morgan fingerprint density at radius 2 is 1.95 bits per heavy atom. The van der Waals surface area contributed by atoms with Gasteiger partial charge in [-0.3, -0.25) is 20.6 Å². The van der Waals surface area contributed by atoms with Crippen molar-refractivity contribution in [2.75, 3.05) is 5.43 Å². The molecule has 4 nitrogen and oxygen atoms in total. The lowest BCUT2D eigenvalue weighted by atomic mass is 9.75. The van der Waals surface area contributed by atoms with Crippen LogP contribution >= 0.6 is 0 Å². The largest absolute Gasteiger partial charge is 0.298 e. The van der Waals surface area contributed by atoms with E-state index in [4.69, 9.17) is 0 Å². The fraction of sp³-hybridized carbons (Fsp3) is 0.412. The Morgan fingerprint density at radius 1 is 1.14 bits per heavy atom. The summed E-state index contributed by atoms with van der Waals surface area (Å²) in [5, 5.41) is 1.01. The van der Waals surface area contributed by atoms with E-state index >= 15 is 0 Å². The predicted octanol–water partition coefficient (Wildman–Crippen LogP) is 3.65. The molecule has 1 aliphatic rings. The molecule has 1 aromatic heterocycles. The normalized spacial score (nSPS) is 17.4. The highest BCUT2D eigenvalue weighted by Gasteiger charge is 2.34. The van der Waals surface area contributed by atoms with Crippen molar-refractivity contribution >= 4 is 22.5 Å². The van der Waals surface area contributed by atoms with E-state index in [0.717, 1.165) is 42.3 Å². The zero-order valence-corrected chi connectivity index (χ0v) is 12.4. The molecule has 0 aliphatic heterocycles. The minimum atomic E-state index is -0.242. The minimum Gasteiger partial charge on any atom is -0.298 e. The van der Waals surface area contributed by atoms with Crippen LogP contribution in [0.4, 0.5) is 5.69 Å². The van der Waals surface area contributed by atoms with Crippen molar-refractivity contribution in [1.82, 2.24) is 10.4 Å². The van der Waals surface area contributed by atoms with Crippen LogP contribution in [0.25, 0.3) is 10.9 Å². The SMILES string of the molecule is CC1(C(=O)NNc2cccc3ncccc23)CCCCC1. The number of nitrogens with zero attached hydrogens (tertiary/aromatic N) is 1. The van der Waals surface area contributed by atoms with Crippen molar-refractivity contribution in [2.24, 2.45) is 5.41 Å². The molecule has 0 atom stereocenters. The minimum absolute atomic E-state index is 0.0862. The van der Waals surface area contributed by atoms with Gasteiger partial charge in [-0.1, -0.05) is 32.3 Å². The molecule has 1 fully saturated rings. The van der Waals surface area contributed by atoms with E-state index in [1.165, 1.54) is 6.42 Å². The Hall–Kier alpha value is -2.10. The highest BCUT2D eigenvalue weighted by molar-refractivity contribution is 5.92. The number of pyridine rings is 1. The third-order valence-electron chi connectivity index (χ3n) is 4.46. The summed E-state index contributed by atoms with van der Waals surface area (Å²) in [6, 6.07) is 9.75. The lowest BCUT2D eigenvalue weighted by Crippen LogP contribution is -2.42. The van der Waals surface area contributed by atoms with Crippen LogP contribution in [0, 0.1) is 5.41 Å². The van der Waals surface area contributed by atoms with Gasteiger partial charge >= 0.3 is 0 Å². The quantitative estimate of drug-likeness (QED) is 0.845. The van der Waals surface area contributed by atoms with Crippen molar-refractivity contribution < 1.29 is 4.79 Å². The monoisotopic (exact) mass is 283 g/mol. The summed E-state index contributed by atoms with van der Waals surface area (Å²) in [5.74, 6) is 0.0862. The first kappa shape index (κ1) is 13.9. The summed E-state index contributed by atoms with van der Waals surface area (Å²) in [6.45, 7) is 2.06. The molecule has 21 heavy (non-hydrogen) atoms. The fourth-order valence-corrected chi connectivity index (χ4v) is 3.05. The van der Waals surface area contributed by atoms with Crippen molar-refractivity contribution in [2.45, 2.75) is 39.0 Å². The summed E-state index contributed by atoms with van der Waals surface area (Å²) in [6.07, 6.45) is 7.23. The molecule has 4 heteroatoms. The highest BCUT2D eigenvalue weighted by atomic mass is 16.2. The molecule has 1 heterocycles. The topological polar surface area (TPSA) is 54.0 Å². The molecule has 1 aromatic carbocycles. The van der Waals surface area contributed by atoms with Crippen LogP contribution in [0.1, 0.15) is 39.0 Å². The van der Waals surface area contributed by atoms with Crippen molar-refractivity contribution in [3.8, 4) is 0 Å². The number of anilines is 1. The van der Waals surface area contributed by atoms with Gasteiger partial charge in [0.25, 0.3) is 0 Å². The van der Waals surface area contributed by atoms with Crippen LogP contribution in [0.5, 0.6) is 0 Å². The third-order valence-corrected chi connectivity index (χ3v) is 4.46. The molecule has 0 unspecified atom stereocenters. The Morgan fingerprint density at radius 3 is 2.76 bits per heavy atom. The molecule has 2 N–H and O–H groups in total. The molecule has 1 amide bonds. The van der Waals surface area contributed by atoms with Gasteiger partial charge in [0.2, 0.25) is 5.91 Å². The number of benzene rings is 1. The summed E-state index contributed by atoms with van der Waals surface area (Å²) < 4.78 is 0. The van der Waals surface area contributed by atoms with Crippen LogP contribution < -0.4 is 10.9 Å². The average molecular weight is 283 g/mol. The Labute approximate surface area is 124 Å². The van der Waals surface area contributed by atoms with E-state index in [0.29, 0.717) is 0 Å². The number of nitrogens with one attached hydrogen (secondary N) is 2. The number of hydrogen-bond acceptors (Lipinski definition) is 3. The standard InChI is InChI=1S/C17H21N3O/c1-17(10-3-2-4-11-17)16(21)20-19-15-9-5-8-14-13(15)7-6-12-18-14/h5-9,12,19H,2-4,10-11H2,1H3,(H,20,21). The van der Waals surface area contributed by atoms with E-state index in [1.807, 2.05) is 30.3 Å². The zero-order valence-electron chi connectivity index (χ0n) is 12.4. The number of amides is 1. The molecule has 0 saturated heterocycles. The number of carbonyl (C=O) groups is 1. The maximum Gasteiger partial charge on any atom is 0.244 e. The molecule has 110 valence electrons. The first-order valence-corrected chi connectivity index (χ1v) is 7.59. The van der Waals surface area contributed by atoms with Gasteiger partial charge in [-0.15, -0.1) is 0 Å². The van der Waals surface area contributed by atoms with Crippen LogP contribution in [0.2, 0.25) is 0 Å². The maximum absolute atomic E-state index is 12.4. The number of hydrazine groups is 1. The van der Waals surface area contributed by atoms with Crippen molar-refractivity contribution in [1.29, 1.82) is 0 Å². The second-order valence-electron chi connectivity index (χ2n) is 6.08. The van der Waals surface area contributed by atoms with Gasteiger partial charge in [0.15, 0.2) is 0 Å². The van der Waals surface area contributed by atoms with E-state index in [-0.39, 0.29) is 11.3 Å².